The molecule has 0 spiro atoms. The summed E-state index contributed by atoms with van der Waals surface area (Å²) >= 11 is 0. The summed E-state index contributed by atoms with van der Waals surface area (Å²) in [7, 11) is -4.06. The second-order valence-electron chi connectivity index (χ2n) is 10.1. The lowest BCUT2D eigenvalue weighted by molar-refractivity contribution is 0.0596. The van der Waals surface area contributed by atoms with Gasteiger partial charge in [0, 0.05) is 22.3 Å². The fraction of sp³-hybridized carbons (Fsp3) is 0.571. The summed E-state index contributed by atoms with van der Waals surface area (Å²) in [6.45, 7) is 15.0. The fourth-order valence-electron chi connectivity index (χ4n) is 3.37. The number of phenolic OH excluding ortho intramolecular Hbond substituents is 2. The monoisotopic (exact) mass is 538 g/mol. The van der Waals surface area contributed by atoms with Crippen LogP contribution in [0.25, 0.3) is 0 Å². The molecule has 0 radical (unpaired) electrons. The molecule has 2 rings (SSSR count). The number of phenols is 2. The highest BCUT2D eigenvalue weighted by Gasteiger charge is 2.25. The van der Waals surface area contributed by atoms with E-state index in [1.54, 1.807) is 0 Å². The van der Waals surface area contributed by atoms with Crippen molar-refractivity contribution >= 4 is 9.84 Å². The minimum atomic E-state index is -4.06. The molecule has 208 valence electrons. The summed E-state index contributed by atoms with van der Waals surface area (Å²) < 4.78 is 50.4. The minimum absolute atomic E-state index is 0.00726. The molecule has 9 heteroatoms. The van der Waals surface area contributed by atoms with Crippen molar-refractivity contribution in [3.05, 3.63) is 46.5 Å². The van der Waals surface area contributed by atoms with Crippen LogP contribution in [0, 0.1) is 0 Å². The Morgan fingerprint density at radius 3 is 0.946 bits per heavy atom. The van der Waals surface area contributed by atoms with Crippen molar-refractivity contribution in [2.45, 2.75) is 116 Å². The Hall–Kier alpha value is -2.17. The molecular weight excluding hydrogens is 496 g/mol. The molecule has 0 saturated heterocycles. The maximum Gasteiger partial charge on any atom is 0.206 e. The van der Waals surface area contributed by atoms with Gasteiger partial charge in [0.05, 0.1) is 60.6 Å². The van der Waals surface area contributed by atoms with E-state index in [1.165, 1.54) is 24.3 Å². The Kier molecular flexibility index (Phi) is 11.4. The van der Waals surface area contributed by atoms with Crippen molar-refractivity contribution in [2.75, 3.05) is 0 Å². The molecule has 2 aromatic rings. The van der Waals surface area contributed by atoms with Crippen LogP contribution >= 0.6 is 0 Å². The molecule has 0 aliphatic carbocycles. The molecule has 0 saturated carbocycles. The van der Waals surface area contributed by atoms with E-state index in [1.807, 2.05) is 55.4 Å². The van der Waals surface area contributed by atoms with Crippen LogP contribution in [0.3, 0.4) is 0 Å². The summed E-state index contributed by atoms with van der Waals surface area (Å²) in [5.41, 5.74) is 1.40. The van der Waals surface area contributed by atoms with Gasteiger partial charge in [-0.1, -0.05) is 0 Å². The van der Waals surface area contributed by atoms with Crippen molar-refractivity contribution in [1.29, 1.82) is 0 Å². The van der Waals surface area contributed by atoms with Gasteiger partial charge in [0.1, 0.15) is 11.5 Å². The average Bonchev–Trinajstić information content (AvgIpc) is 2.80. The molecule has 0 amide bonds. The SMILES string of the molecule is CC(C)OCc1cc(S(=O)(=O)c2cc(COC(C)C)c(O)c(COC(C)C)c2)cc(COC(C)C)c1O. The van der Waals surface area contributed by atoms with Gasteiger partial charge in [0.15, 0.2) is 0 Å². The van der Waals surface area contributed by atoms with Crippen molar-refractivity contribution < 1.29 is 37.6 Å². The number of hydrogen-bond donors (Lipinski definition) is 2. The zero-order valence-corrected chi connectivity index (χ0v) is 24.0. The number of benzene rings is 2. The normalized spacial score (nSPS) is 12.4. The van der Waals surface area contributed by atoms with E-state index in [9.17, 15) is 18.6 Å². The standard InChI is InChI=1S/C28H42O8S/c1-17(2)33-13-21-9-25(10-22(27(21)29)14-34-18(3)4)37(31,32)26-11-23(15-35-19(5)6)28(30)24(12-26)16-36-20(7)8/h9-12,17-20,29-30H,13-16H2,1-8H3. The summed E-state index contributed by atoms with van der Waals surface area (Å²) in [6.07, 6.45) is -0.448. The molecule has 0 aliphatic rings. The predicted octanol–water partition coefficient (Wildman–Crippen LogP) is 5.63. The number of hydrogen-bond acceptors (Lipinski definition) is 8. The first kappa shape index (κ1) is 31.1. The smallest absolute Gasteiger partial charge is 0.206 e. The molecule has 0 aromatic heterocycles. The van der Waals surface area contributed by atoms with Gasteiger partial charge in [-0.05, 0) is 79.7 Å². The number of rotatable bonds is 14. The van der Waals surface area contributed by atoms with E-state index in [-0.39, 0.29) is 72.1 Å². The van der Waals surface area contributed by atoms with E-state index in [0.29, 0.717) is 22.3 Å². The maximum atomic E-state index is 13.9. The highest BCUT2D eigenvalue weighted by molar-refractivity contribution is 7.91. The summed E-state index contributed by atoms with van der Waals surface area (Å²) in [5, 5.41) is 21.6. The second kappa shape index (κ2) is 13.6. The van der Waals surface area contributed by atoms with Gasteiger partial charge >= 0.3 is 0 Å². The fourth-order valence-corrected chi connectivity index (χ4v) is 4.83. The van der Waals surface area contributed by atoms with Gasteiger partial charge in [-0.3, -0.25) is 0 Å². The van der Waals surface area contributed by atoms with E-state index < -0.39 is 9.84 Å². The zero-order chi connectivity index (χ0) is 27.9. The Morgan fingerprint density at radius 2 is 0.757 bits per heavy atom. The number of aromatic hydroxyl groups is 2. The average molecular weight is 539 g/mol. The molecular formula is C28H42O8S. The first-order valence-corrected chi connectivity index (χ1v) is 14.1. The van der Waals surface area contributed by atoms with E-state index >= 15 is 0 Å². The molecule has 0 bridgehead atoms. The first-order valence-electron chi connectivity index (χ1n) is 12.6. The van der Waals surface area contributed by atoms with Gasteiger partial charge in [-0.25, -0.2) is 8.42 Å². The van der Waals surface area contributed by atoms with Crippen molar-refractivity contribution in [1.82, 2.24) is 0 Å². The van der Waals surface area contributed by atoms with Crippen molar-refractivity contribution in [3.8, 4) is 11.5 Å². The molecule has 0 heterocycles. The summed E-state index contributed by atoms with van der Waals surface area (Å²) in [5.74, 6) is -0.106. The summed E-state index contributed by atoms with van der Waals surface area (Å²) in [6, 6.07) is 5.70. The Labute approximate surface area is 221 Å². The topological polar surface area (TPSA) is 112 Å². The molecule has 0 aliphatic heterocycles. The highest BCUT2D eigenvalue weighted by atomic mass is 32.2. The molecule has 0 unspecified atom stereocenters. The van der Waals surface area contributed by atoms with Gasteiger partial charge in [0.2, 0.25) is 9.84 Å². The van der Waals surface area contributed by atoms with Crippen molar-refractivity contribution in [2.24, 2.45) is 0 Å². The first-order chi connectivity index (χ1) is 17.2. The lowest BCUT2D eigenvalue weighted by atomic mass is 10.1. The third-order valence-corrected chi connectivity index (χ3v) is 7.10. The molecule has 0 atom stereocenters. The van der Waals surface area contributed by atoms with Crippen LogP contribution in [-0.2, 0) is 55.2 Å². The van der Waals surface area contributed by atoms with Crippen LogP contribution < -0.4 is 0 Å². The molecule has 37 heavy (non-hydrogen) atoms. The lowest BCUT2D eigenvalue weighted by Crippen LogP contribution is -2.11. The van der Waals surface area contributed by atoms with Crippen LogP contribution in [-0.4, -0.2) is 43.0 Å². The summed E-state index contributed by atoms with van der Waals surface area (Å²) in [4.78, 5) is -0.0145. The highest BCUT2D eigenvalue weighted by Crippen LogP contribution is 2.35. The van der Waals surface area contributed by atoms with E-state index in [4.69, 9.17) is 18.9 Å². The minimum Gasteiger partial charge on any atom is -0.507 e. The quantitative estimate of drug-likeness (QED) is 0.318. The molecule has 8 nitrogen and oxygen atoms in total. The van der Waals surface area contributed by atoms with E-state index in [2.05, 4.69) is 0 Å². The van der Waals surface area contributed by atoms with E-state index in [0.717, 1.165) is 0 Å². The predicted molar refractivity (Wildman–Crippen MR) is 141 cm³/mol. The van der Waals surface area contributed by atoms with Crippen LogP contribution in [0.15, 0.2) is 34.1 Å². The van der Waals surface area contributed by atoms with Crippen LogP contribution in [0.5, 0.6) is 11.5 Å². The van der Waals surface area contributed by atoms with Crippen LogP contribution in [0.2, 0.25) is 0 Å². The molecule has 2 aromatic carbocycles. The van der Waals surface area contributed by atoms with Gasteiger partial charge in [-0.2, -0.15) is 0 Å². The Morgan fingerprint density at radius 1 is 0.541 bits per heavy atom. The molecule has 2 N–H and O–H groups in total. The Bertz CT molecular complexity index is 987. The van der Waals surface area contributed by atoms with Gasteiger partial charge < -0.3 is 29.2 Å². The van der Waals surface area contributed by atoms with Crippen LogP contribution in [0.1, 0.15) is 77.6 Å². The lowest BCUT2D eigenvalue weighted by Gasteiger charge is -2.18. The third-order valence-electron chi connectivity index (χ3n) is 5.39. The largest absolute Gasteiger partial charge is 0.507 e. The van der Waals surface area contributed by atoms with Gasteiger partial charge in [-0.15, -0.1) is 0 Å². The number of ether oxygens (including phenoxy) is 4. The van der Waals surface area contributed by atoms with Crippen LogP contribution in [0.4, 0.5) is 0 Å². The molecule has 0 fully saturated rings. The number of sulfone groups is 1. The maximum absolute atomic E-state index is 13.9. The zero-order valence-electron chi connectivity index (χ0n) is 23.2. The van der Waals surface area contributed by atoms with Crippen molar-refractivity contribution in [3.63, 3.8) is 0 Å². The third kappa shape index (κ3) is 8.97. The second-order valence-corrected chi connectivity index (χ2v) is 12.1. The Balaban J connectivity index is 2.65. The van der Waals surface area contributed by atoms with Gasteiger partial charge in [0.25, 0.3) is 0 Å².